The Kier molecular flexibility index (Phi) is 3.46. The van der Waals surface area contributed by atoms with Crippen LogP contribution in [0, 0.1) is 11.3 Å². The summed E-state index contributed by atoms with van der Waals surface area (Å²) in [5.41, 5.74) is 6.30. The molecule has 128 valence electrons. The van der Waals surface area contributed by atoms with E-state index in [1.54, 1.807) is 16.0 Å². The van der Waals surface area contributed by atoms with Gasteiger partial charge in [0.15, 0.2) is 5.82 Å². The van der Waals surface area contributed by atoms with Crippen LogP contribution in [0.3, 0.4) is 0 Å². The monoisotopic (exact) mass is 339 g/mol. The van der Waals surface area contributed by atoms with E-state index < -0.39 is 10.0 Å². The third kappa shape index (κ3) is 2.87. The Morgan fingerprint density at radius 1 is 1.35 bits per heavy atom. The normalized spacial score (nSPS) is 28.0. The molecule has 4 rings (SSSR count). The summed E-state index contributed by atoms with van der Waals surface area (Å²) < 4.78 is 28.7. The van der Waals surface area contributed by atoms with Crippen molar-refractivity contribution in [1.29, 1.82) is 0 Å². The van der Waals surface area contributed by atoms with Crippen molar-refractivity contribution in [1.82, 2.24) is 19.1 Å². The fourth-order valence-electron chi connectivity index (χ4n) is 4.27. The van der Waals surface area contributed by atoms with E-state index in [0.29, 0.717) is 41.9 Å². The van der Waals surface area contributed by atoms with Gasteiger partial charge in [-0.15, -0.1) is 0 Å². The molecule has 1 unspecified atom stereocenters. The maximum atomic E-state index is 12.7. The second-order valence-corrected chi connectivity index (χ2v) is 9.72. The molecular weight excluding hydrogens is 314 g/mol. The van der Waals surface area contributed by atoms with Gasteiger partial charge in [0.2, 0.25) is 16.0 Å². The van der Waals surface area contributed by atoms with Gasteiger partial charge in [0.05, 0.1) is 5.75 Å². The number of anilines is 1. The van der Waals surface area contributed by atoms with E-state index >= 15 is 0 Å². The zero-order chi connectivity index (χ0) is 16.2. The van der Waals surface area contributed by atoms with Crippen molar-refractivity contribution in [2.75, 3.05) is 24.6 Å². The lowest BCUT2D eigenvalue weighted by atomic mass is 9.73. The molecule has 2 saturated carbocycles. The highest BCUT2D eigenvalue weighted by atomic mass is 32.2. The van der Waals surface area contributed by atoms with Gasteiger partial charge < -0.3 is 5.73 Å². The predicted molar refractivity (Wildman–Crippen MR) is 87.1 cm³/mol. The number of hydrogen-bond donors (Lipinski definition) is 1. The first-order valence-corrected chi connectivity index (χ1v) is 10.1. The quantitative estimate of drug-likeness (QED) is 0.886. The highest BCUT2D eigenvalue weighted by molar-refractivity contribution is 7.89. The van der Waals surface area contributed by atoms with E-state index in [1.807, 2.05) is 0 Å². The SMILES string of the molecule is Cn1nc(C2CCCN(S(=O)(=O)CC3CC4(CC4)C3)C2)nc1N. The highest BCUT2D eigenvalue weighted by Crippen LogP contribution is 2.63. The minimum absolute atomic E-state index is 0.0539. The molecule has 1 saturated heterocycles. The maximum Gasteiger partial charge on any atom is 0.218 e. The molecule has 8 heteroatoms. The smallest absolute Gasteiger partial charge is 0.218 e. The van der Waals surface area contributed by atoms with E-state index in [1.165, 1.54) is 12.8 Å². The van der Waals surface area contributed by atoms with Gasteiger partial charge in [-0.2, -0.15) is 10.1 Å². The van der Waals surface area contributed by atoms with Gasteiger partial charge in [-0.05, 0) is 49.9 Å². The second kappa shape index (κ2) is 5.17. The maximum absolute atomic E-state index is 12.7. The number of aromatic nitrogens is 3. The Bertz CT molecular complexity index is 682. The summed E-state index contributed by atoms with van der Waals surface area (Å²) >= 11 is 0. The van der Waals surface area contributed by atoms with Gasteiger partial charge in [-0.3, -0.25) is 0 Å². The lowest BCUT2D eigenvalue weighted by molar-refractivity contribution is 0.186. The first-order chi connectivity index (χ1) is 10.9. The fraction of sp³-hybridized carbons (Fsp3) is 0.867. The van der Waals surface area contributed by atoms with E-state index in [2.05, 4.69) is 10.1 Å². The van der Waals surface area contributed by atoms with Crippen molar-refractivity contribution in [2.24, 2.45) is 18.4 Å². The molecule has 1 atom stereocenters. The van der Waals surface area contributed by atoms with Crippen LogP contribution in [0.2, 0.25) is 0 Å². The average molecular weight is 339 g/mol. The second-order valence-electron chi connectivity index (χ2n) is 7.70. The Balaban J connectivity index is 1.41. The summed E-state index contributed by atoms with van der Waals surface area (Å²) in [6, 6.07) is 0. The summed E-state index contributed by atoms with van der Waals surface area (Å²) in [4.78, 5) is 4.27. The molecule has 2 heterocycles. The van der Waals surface area contributed by atoms with Crippen LogP contribution in [0.25, 0.3) is 0 Å². The number of aryl methyl sites for hydroxylation is 1. The molecule has 2 N–H and O–H groups in total. The lowest BCUT2D eigenvalue weighted by Crippen LogP contribution is -2.43. The zero-order valence-electron chi connectivity index (χ0n) is 13.6. The molecule has 3 aliphatic rings. The summed E-state index contributed by atoms with van der Waals surface area (Å²) in [5.74, 6) is 1.79. The van der Waals surface area contributed by atoms with Crippen LogP contribution in [0.1, 0.15) is 50.3 Å². The number of piperidine rings is 1. The molecule has 3 fully saturated rings. The third-order valence-electron chi connectivity index (χ3n) is 5.80. The average Bonchev–Trinajstić information content (AvgIpc) is 3.19. The van der Waals surface area contributed by atoms with Crippen LogP contribution in [0.15, 0.2) is 0 Å². The number of nitrogen functional groups attached to an aromatic ring is 1. The topological polar surface area (TPSA) is 94.1 Å². The molecule has 0 aromatic carbocycles. The Labute approximate surface area is 137 Å². The fourth-order valence-corrected chi connectivity index (χ4v) is 6.12. The van der Waals surface area contributed by atoms with Crippen LogP contribution >= 0.6 is 0 Å². The Morgan fingerprint density at radius 2 is 2.09 bits per heavy atom. The van der Waals surface area contributed by atoms with Crippen molar-refractivity contribution in [3.05, 3.63) is 5.82 Å². The third-order valence-corrected chi connectivity index (χ3v) is 7.81. The van der Waals surface area contributed by atoms with Gasteiger partial charge in [0.25, 0.3) is 0 Å². The Hall–Kier alpha value is -1.15. The van der Waals surface area contributed by atoms with Crippen LogP contribution in [0.4, 0.5) is 5.95 Å². The van der Waals surface area contributed by atoms with Gasteiger partial charge in [0, 0.05) is 26.1 Å². The van der Waals surface area contributed by atoms with Gasteiger partial charge in [0.1, 0.15) is 0 Å². The molecule has 0 radical (unpaired) electrons. The zero-order valence-corrected chi connectivity index (χ0v) is 14.4. The largest absolute Gasteiger partial charge is 0.368 e. The molecule has 1 spiro atoms. The van der Waals surface area contributed by atoms with Crippen LogP contribution in [0.5, 0.6) is 0 Å². The van der Waals surface area contributed by atoms with Crippen molar-refractivity contribution in [3.63, 3.8) is 0 Å². The molecule has 1 aromatic heterocycles. The molecule has 1 aromatic rings. The lowest BCUT2D eigenvalue weighted by Gasteiger charge is -2.38. The van der Waals surface area contributed by atoms with E-state index in [4.69, 9.17) is 5.73 Å². The molecular formula is C15H25N5O2S. The van der Waals surface area contributed by atoms with Crippen molar-refractivity contribution in [3.8, 4) is 0 Å². The van der Waals surface area contributed by atoms with E-state index in [0.717, 1.165) is 25.7 Å². The minimum atomic E-state index is -3.17. The standard InChI is InChI=1S/C15H25N5O2S/c1-19-14(16)17-13(18-19)12-3-2-6-20(9-12)23(21,22)10-11-7-15(8-11)4-5-15/h11-12H,2-10H2,1H3,(H2,16,17,18). The van der Waals surface area contributed by atoms with E-state index in [-0.39, 0.29) is 5.92 Å². The Morgan fingerprint density at radius 3 is 2.70 bits per heavy atom. The number of sulfonamides is 1. The van der Waals surface area contributed by atoms with Crippen LogP contribution in [-0.2, 0) is 17.1 Å². The van der Waals surface area contributed by atoms with Gasteiger partial charge in [-0.1, -0.05) is 0 Å². The first-order valence-electron chi connectivity index (χ1n) is 8.51. The van der Waals surface area contributed by atoms with E-state index in [9.17, 15) is 8.42 Å². The minimum Gasteiger partial charge on any atom is -0.368 e. The predicted octanol–water partition coefficient (Wildman–Crippen LogP) is 1.10. The highest BCUT2D eigenvalue weighted by Gasteiger charge is 2.53. The first kappa shape index (κ1) is 15.4. The number of nitrogens with zero attached hydrogens (tertiary/aromatic N) is 4. The van der Waals surface area contributed by atoms with Gasteiger partial charge in [-0.25, -0.2) is 17.4 Å². The van der Waals surface area contributed by atoms with Crippen LogP contribution < -0.4 is 5.73 Å². The number of rotatable bonds is 4. The molecule has 1 aliphatic heterocycles. The summed E-state index contributed by atoms with van der Waals surface area (Å²) in [6.07, 6.45) is 6.62. The van der Waals surface area contributed by atoms with Crippen molar-refractivity contribution < 1.29 is 8.42 Å². The van der Waals surface area contributed by atoms with Crippen molar-refractivity contribution >= 4 is 16.0 Å². The summed E-state index contributed by atoms with van der Waals surface area (Å²) in [5, 5.41) is 4.33. The number of nitrogens with two attached hydrogens (primary N) is 1. The molecule has 2 aliphatic carbocycles. The van der Waals surface area contributed by atoms with Crippen molar-refractivity contribution in [2.45, 2.75) is 44.4 Å². The number of hydrogen-bond acceptors (Lipinski definition) is 5. The molecule has 0 bridgehead atoms. The van der Waals surface area contributed by atoms with Crippen LogP contribution in [-0.4, -0.2) is 46.3 Å². The van der Waals surface area contributed by atoms with Gasteiger partial charge >= 0.3 is 0 Å². The molecule has 7 nitrogen and oxygen atoms in total. The molecule has 23 heavy (non-hydrogen) atoms. The summed E-state index contributed by atoms with van der Waals surface area (Å²) in [7, 11) is -1.41. The summed E-state index contributed by atoms with van der Waals surface area (Å²) in [6.45, 7) is 1.11. The molecule has 0 amide bonds.